The number of rotatable bonds is 6. The molecule has 1 aromatic carbocycles. The van der Waals surface area contributed by atoms with Gasteiger partial charge in [-0.25, -0.2) is 8.78 Å². The summed E-state index contributed by atoms with van der Waals surface area (Å²) in [4.78, 5) is 12.0. The monoisotopic (exact) mass is 269 g/mol. The molecule has 0 heterocycles. The zero-order chi connectivity index (χ0) is 14.5. The van der Waals surface area contributed by atoms with E-state index < -0.39 is 23.0 Å². The lowest BCUT2D eigenvalue weighted by Gasteiger charge is -2.23. The number of hydrogen-bond donors (Lipinski definition) is 1. The molecule has 0 atom stereocenters. The normalized spacial score (nSPS) is 11.2. The van der Waals surface area contributed by atoms with Crippen LogP contribution < -0.4 is 5.32 Å². The number of carbonyl (C=O) groups is 1. The summed E-state index contributed by atoms with van der Waals surface area (Å²) in [5.74, 6) is -1.90. The predicted molar refractivity (Wildman–Crippen MR) is 69.8 cm³/mol. The van der Waals surface area contributed by atoms with Gasteiger partial charge in [0.05, 0.1) is 24.3 Å². The Morgan fingerprint density at radius 2 is 2.16 bits per heavy atom. The van der Waals surface area contributed by atoms with Gasteiger partial charge in [-0.2, -0.15) is 0 Å². The molecule has 1 N–H and O–H groups in total. The highest BCUT2D eigenvalue weighted by atomic mass is 19.1. The molecule has 104 valence electrons. The fourth-order valence-electron chi connectivity index (χ4n) is 1.35. The lowest BCUT2D eigenvalue weighted by molar-refractivity contribution is -0.126. The van der Waals surface area contributed by atoms with Crippen LogP contribution in [0.4, 0.5) is 14.5 Å². The van der Waals surface area contributed by atoms with Gasteiger partial charge in [0.1, 0.15) is 11.6 Å². The summed E-state index contributed by atoms with van der Waals surface area (Å²) in [6.07, 6.45) is 1.58. The van der Waals surface area contributed by atoms with E-state index >= 15 is 0 Å². The number of hydrogen-bond acceptors (Lipinski definition) is 2. The molecule has 19 heavy (non-hydrogen) atoms. The highest BCUT2D eigenvalue weighted by Gasteiger charge is 2.28. The maximum atomic E-state index is 13.4. The fourth-order valence-corrected chi connectivity index (χ4v) is 1.35. The third-order valence-electron chi connectivity index (χ3n) is 2.49. The van der Waals surface area contributed by atoms with E-state index in [1.165, 1.54) is 6.07 Å². The van der Waals surface area contributed by atoms with Gasteiger partial charge in [0.2, 0.25) is 5.91 Å². The quantitative estimate of drug-likeness (QED) is 0.636. The maximum absolute atomic E-state index is 13.4. The highest BCUT2D eigenvalue weighted by molar-refractivity contribution is 5.95. The average Bonchev–Trinajstić information content (AvgIpc) is 2.32. The largest absolute Gasteiger partial charge is 0.376 e. The molecule has 1 rings (SSSR count). The number of carbonyl (C=O) groups excluding carboxylic acids is 1. The molecule has 0 aliphatic heterocycles. The van der Waals surface area contributed by atoms with Crippen molar-refractivity contribution in [1.29, 1.82) is 0 Å². The molecular formula is C14H17F2NO2. The zero-order valence-corrected chi connectivity index (χ0v) is 11.0. The van der Waals surface area contributed by atoms with Gasteiger partial charge < -0.3 is 10.1 Å². The summed E-state index contributed by atoms with van der Waals surface area (Å²) in [6.45, 7) is 7.36. The van der Waals surface area contributed by atoms with Crippen LogP contribution in [0.3, 0.4) is 0 Å². The Morgan fingerprint density at radius 3 is 2.74 bits per heavy atom. The van der Waals surface area contributed by atoms with Crippen LogP contribution in [0.5, 0.6) is 0 Å². The van der Waals surface area contributed by atoms with Gasteiger partial charge in [-0.15, -0.1) is 6.58 Å². The summed E-state index contributed by atoms with van der Waals surface area (Å²) in [7, 11) is 0. The van der Waals surface area contributed by atoms with Crippen LogP contribution in [0, 0.1) is 17.0 Å². The second kappa shape index (κ2) is 6.43. The molecule has 0 aliphatic carbocycles. The van der Waals surface area contributed by atoms with Crippen molar-refractivity contribution in [2.24, 2.45) is 5.41 Å². The Morgan fingerprint density at radius 1 is 1.47 bits per heavy atom. The van der Waals surface area contributed by atoms with Crippen molar-refractivity contribution < 1.29 is 18.3 Å². The van der Waals surface area contributed by atoms with E-state index in [2.05, 4.69) is 11.9 Å². The molecule has 0 saturated carbocycles. The van der Waals surface area contributed by atoms with Crippen LogP contribution in [0.15, 0.2) is 30.9 Å². The SMILES string of the molecule is C=CCOCC(C)(C)C(=O)Nc1ccc(F)cc1F. The molecule has 0 spiro atoms. The van der Waals surface area contributed by atoms with E-state index in [-0.39, 0.29) is 12.3 Å². The molecule has 5 heteroatoms. The number of benzene rings is 1. The van der Waals surface area contributed by atoms with Crippen LogP contribution >= 0.6 is 0 Å². The van der Waals surface area contributed by atoms with Gasteiger partial charge in [0.25, 0.3) is 0 Å². The van der Waals surface area contributed by atoms with E-state index in [1.807, 2.05) is 0 Å². The van der Waals surface area contributed by atoms with Crippen LogP contribution in [0.2, 0.25) is 0 Å². The minimum atomic E-state index is -0.830. The van der Waals surface area contributed by atoms with Crippen LogP contribution in [-0.4, -0.2) is 19.1 Å². The number of ether oxygens (including phenoxy) is 1. The van der Waals surface area contributed by atoms with Crippen molar-refractivity contribution in [3.63, 3.8) is 0 Å². The Bertz CT molecular complexity index is 473. The Balaban J connectivity index is 2.69. The van der Waals surface area contributed by atoms with Crippen molar-refractivity contribution >= 4 is 11.6 Å². The molecule has 0 bridgehead atoms. The van der Waals surface area contributed by atoms with E-state index in [4.69, 9.17) is 4.74 Å². The summed E-state index contributed by atoms with van der Waals surface area (Å²) < 4.78 is 31.4. The van der Waals surface area contributed by atoms with E-state index in [0.29, 0.717) is 6.61 Å². The standard InChI is InChI=1S/C14H17F2NO2/c1-4-7-19-9-14(2,3)13(18)17-12-6-5-10(15)8-11(12)16/h4-6,8H,1,7,9H2,2-3H3,(H,17,18). The Hall–Kier alpha value is -1.75. The molecule has 0 aliphatic rings. The first-order valence-electron chi connectivity index (χ1n) is 5.82. The smallest absolute Gasteiger partial charge is 0.232 e. The molecule has 0 unspecified atom stereocenters. The number of anilines is 1. The topological polar surface area (TPSA) is 38.3 Å². The first-order valence-corrected chi connectivity index (χ1v) is 5.82. The molecular weight excluding hydrogens is 252 g/mol. The zero-order valence-electron chi connectivity index (χ0n) is 11.0. The van der Waals surface area contributed by atoms with E-state index in [1.54, 1.807) is 19.9 Å². The average molecular weight is 269 g/mol. The first kappa shape index (κ1) is 15.3. The summed E-state index contributed by atoms with van der Waals surface area (Å²) >= 11 is 0. The Labute approximate surface area is 111 Å². The van der Waals surface area contributed by atoms with Gasteiger partial charge in [0, 0.05) is 6.07 Å². The van der Waals surface area contributed by atoms with Crippen LogP contribution in [-0.2, 0) is 9.53 Å². The minimum absolute atomic E-state index is 0.0526. The third kappa shape index (κ3) is 4.44. The van der Waals surface area contributed by atoms with Gasteiger partial charge >= 0.3 is 0 Å². The van der Waals surface area contributed by atoms with Gasteiger partial charge in [0.15, 0.2) is 0 Å². The third-order valence-corrected chi connectivity index (χ3v) is 2.49. The molecule has 0 saturated heterocycles. The minimum Gasteiger partial charge on any atom is -0.376 e. The maximum Gasteiger partial charge on any atom is 0.232 e. The second-order valence-corrected chi connectivity index (χ2v) is 4.77. The lowest BCUT2D eigenvalue weighted by Crippen LogP contribution is -2.35. The molecule has 3 nitrogen and oxygen atoms in total. The molecule has 1 aromatic rings. The fraction of sp³-hybridized carbons (Fsp3) is 0.357. The van der Waals surface area contributed by atoms with Crippen molar-refractivity contribution in [1.82, 2.24) is 0 Å². The van der Waals surface area contributed by atoms with Gasteiger partial charge in [-0.3, -0.25) is 4.79 Å². The highest BCUT2D eigenvalue weighted by Crippen LogP contribution is 2.21. The van der Waals surface area contributed by atoms with Crippen LogP contribution in [0.25, 0.3) is 0 Å². The predicted octanol–water partition coefficient (Wildman–Crippen LogP) is 3.13. The van der Waals surface area contributed by atoms with Gasteiger partial charge in [-0.1, -0.05) is 6.08 Å². The number of halogens is 2. The van der Waals surface area contributed by atoms with Crippen molar-refractivity contribution in [3.8, 4) is 0 Å². The Kier molecular flexibility index (Phi) is 5.18. The van der Waals surface area contributed by atoms with Crippen molar-refractivity contribution in [2.45, 2.75) is 13.8 Å². The summed E-state index contributed by atoms with van der Waals surface area (Å²) in [5, 5.41) is 2.42. The number of amides is 1. The van der Waals surface area contributed by atoms with Gasteiger partial charge in [-0.05, 0) is 26.0 Å². The van der Waals surface area contributed by atoms with E-state index in [0.717, 1.165) is 12.1 Å². The molecule has 0 radical (unpaired) electrons. The molecule has 0 fully saturated rings. The molecule has 1 amide bonds. The summed E-state index contributed by atoms with van der Waals surface area (Å²) in [5.41, 5.74) is -0.882. The van der Waals surface area contributed by atoms with Crippen LogP contribution in [0.1, 0.15) is 13.8 Å². The first-order chi connectivity index (χ1) is 8.86. The lowest BCUT2D eigenvalue weighted by atomic mass is 9.93. The van der Waals surface area contributed by atoms with Crippen molar-refractivity contribution in [2.75, 3.05) is 18.5 Å². The second-order valence-electron chi connectivity index (χ2n) is 4.77. The van der Waals surface area contributed by atoms with E-state index in [9.17, 15) is 13.6 Å². The summed E-state index contributed by atoms with van der Waals surface area (Å²) in [6, 6.07) is 2.99. The van der Waals surface area contributed by atoms with Crippen molar-refractivity contribution in [3.05, 3.63) is 42.5 Å². The molecule has 0 aromatic heterocycles. The number of nitrogens with one attached hydrogen (secondary N) is 1.